The predicted octanol–water partition coefficient (Wildman–Crippen LogP) is 0.927. The summed E-state index contributed by atoms with van der Waals surface area (Å²) >= 11 is 0. The van der Waals surface area contributed by atoms with Crippen LogP contribution in [-0.2, 0) is 9.47 Å². The average Bonchev–Trinajstić information content (AvgIpc) is 2.47. The van der Waals surface area contributed by atoms with Crippen molar-refractivity contribution in [2.45, 2.75) is 52.0 Å². The second-order valence-electron chi connectivity index (χ2n) is 5.97. The third-order valence-corrected chi connectivity index (χ3v) is 2.61. The van der Waals surface area contributed by atoms with Crippen molar-refractivity contribution < 1.29 is 24.3 Å². The van der Waals surface area contributed by atoms with Gasteiger partial charge in [-0.3, -0.25) is 4.90 Å². The van der Waals surface area contributed by atoms with E-state index in [1.54, 1.807) is 34.6 Å². The number of hydrogen-bond acceptors (Lipinski definition) is 5. The molecular formula is C12H22BNO5. The summed E-state index contributed by atoms with van der Waals surface area (Å²) in [5.74, 6) is 1.20. The van der Waals surface area contributed by atoms with Gasteiger partial charge in [0, 0.05) is 0 Å². The van der Waals surface area contributed by atoms with Gasteiger partial charge in [-0.15, -0.1) is 0 Å². The van der Waals surface area contributed by atoms with Gasteiger partial charge in [0.05, 0.1) is 12.6 Å². The molecule has 1 aliphatic heterocycles. The average molecular weight is 271 g/mol. The lowest BCUT2D eigenvalue weighted by molar-refractivity contribution is -0.0610. The van der Waals surface area contributed by atoms with Crippen molar-refractivity contribution in [1.82, 2.24) is 4.90 Å². The van der Waals surface area contributed by atoms with Gasteiger partial charge in [-0.1, -0.05) is 12.1 Å². The van der Waals surface area contributed by atoms with E-state index in [1.807, 2.05) is 0 Å². The highest BCUT2D eigenvalue weighted by Gasteiger charge is 2.44. The Kier molecular flexibility index (Phi) is 4.65. The van der Waals surface area contributed by atoms with Crippen LogP contribution in [0.2, 0.25) is 0 Å². The summed E-state index contributed by atoms with van der Waals surface area (Å²) in [6.45, 7) is 9.18. The summed E-state index contributed by atoms with van der Waals surface area (Å²) in [5, 5.41) is 17.7. The standard InChI is InChI=1S/C12H22BNO5/c1-11(2,3)19-10(15)14-9(6-7-13(16)17)8-18-12(14,4)5/h6-7,9,16-17H,8H2,1-5H3/b7-6+/t9-/m0/s1. The van der Waals surface area contributed by atoms with E-state index in [0.29, 0.717) is 0 Å². The van der Waals surface area contributed by atoms with Gasteiger partial charge in [-0.2, -0.15) is 0 Å². The molecule has 0 radical (unpaired) electrons. The van der Waals surface area contributed by atoms with Crippen LogP contribution in [0.15, 0.2) is 12.1 Å². The van der Waals surface area contributed by atoms with Crippen LogP contribution >= 0.6 is 0 Å². The SMILES string of the molecule is CC(C)(C)OC(=O)N1[C@@H](/C=C/B(O)O)COC1(C)C. The smallest absolute Gasteiger partial charge is 0.444 e. The van der Waals surface area contributed by atoms with E-state index in [0.717, 1.165) is 0 Å². The van der Waals surface area contributed by atoms with Crippen molar-refractivity contribution >= 4 is 13.2 Å². The monoisotopic (exact) mass is 271 g/mol. The highest BCUT2D eigenvalue weighted by molar-refractivity contribution is 6.47. The van der Waals surface area contributed by atoms with Crippen LogP contribution in [0.1, 0.15) is 34.6 Å². The maximum absolute atomic E-state index is 12.2. The van der Waals surface area contributed by atoms with Crippen LogP contribution in [0, 0.1) is 0 Å². The molecule has 0 aromatic rings. The number of carbonyl (C=O) groups excluding carboxylic acids is 1. The zero-order valence-electron chi connectivity index (χ0n) is 12.1. The Morgan fingerprint density at radius 1 is 1.47 bits per heavy atom. The summed E-state index contributed by atoms with van der Waals surface area (Å²) in [6, 6.07) is -0.383. The van der Waals surface area contributed by atoms with E-state index in [4.69, 9.17) is 19.5 Å². The summed E-state index contributed by atoms with van der Waals surface area (Å²) < 4.78 is 10.9. The normalized spacial score (nSPS) is 22.9. The van der Waals surface area contributed by atoms with Crippen LogP contribution in [0.4, 0.5) is 4.79 Å². The van der Waals surface area contributed by atoms with Crippen molar-refractivity contribution in [1.29, 1.82) is 0 Å². The number of carbonyl (C=O) groups is 1. The molecule has 19 heavy (non-hydrogen) atoms. The molecule has 0 aliphatic carbocycles. The van der Waals surface area contributed by atoms with E-state index in [-0.39, 0.29) is 12.6 Å². The summed E-state index contributed by atoms with van der Waals surface area (Å²) in [6.07, 6.45) is 1.04. The maximum atomic E-state index is 12.2. The largest absolute Gasteiger partial charge is 0.480 e. The van der Waals surface area contributed by atoms with Crippen molar-refractivity contribution in [3.63, 3.8) is 0 Å². The molecule has 1 fully saturated rings. The van der Waals surface area contributed by atoms with Gasteiger partial charge in [-0.25, -0.2) is 4.79 Å². The highest BCUT2D eigenvalue weighted by atomic mass is 16.6. The second-order valence-corrected chi connectivity index (χ2v) is 5.97. The molecule has 0 saturated carbocycles. The molecule has 1 saturated heterocycles. The van der Waals surface area contributed by atoms with Gasteiger partial charge in [0.15, 0.2) is 0 Å². The molecule has 2 N–H and O–H groups in total. The Bertz CT molecular complexity index is 362. The molecular weight excluding hydrogens is 249 g/mol. The van der Waals surface area contributed by atoms with Gasteiger partial charge >= 0.3 is 13.2 Å². The first-order valence-corrected chi connectivity index (χ1v) is 6.24. The lowest BCUT2D eigenvalue weighted by atomic mass is 9.90. The topological polar surface area (TPSA) is 79.2 Å². The van der Waals surface area contributed by atoms with Crippen LogP contribution in [0.5, 0.6) is 0 Å². The minimum Gasteiger partial charge on any atom is -0.444 e. The zero-order valence-corrected chi connectivity index (χ0v) is 12.1. The third kappa shape index (κ3) is 4.52. The summed E-state index contributed by atoms with van der Waals surface area (Å²) in [7, 11) is -1.55. The molecule has 1 rings (SSSR count). The van der Waals surface area contributed by atoms with Crippen molar-refractivity contribution in [2.24, 2.45) is 0 Å². The van der Waals surface area contributed by atoms with E-state index in [1.165, 1.54) is 17.0 Å². The Balaban J connectivity index is 2.87. The van der Waals surface area contributed by atoms with E-state index in [9.17, 15) is 4.79 Å². The predicted molar refractivity (Wildman–Crippen MR) is 71.2 cm³/mol. The summed E-state index contributed by atoms with van der Waals surface area (Å²) in [5.41, 5.74) is -1.39. The van der Waals surface area contributed by atoms with Crippen LogP contribution in [0.25, 0.3) is 0 Å². The number of hydrogen-bond donors (Lipinski definition) is 2. The van der Waals surface area contributed by atoms with E-state index in [2.05, 4.69) is 0 Å². The minimum absolute atomic E-state index is 0.287. The van der Waals surface area contributed by atoms with Gasteiger partial charge in [0.1, 0.15) is 11.3 Å². The fraction of sp³-hybridized carbons (Fsp3) is 0.750. The van der Waals surface area contributed by atoms with E-state index < -0.39 is 24.5 Å². The van der Waals surface area contributed by atoms with Crippen LogP contribution in [-0.4, -0.2) is 52.1 Å². The molecule has 0 aromatic carbocycles. The fourth-order valence-electron chi connectivity index (χ4n) is 1.87. The lowest BCUT2D eigenvalue weighted by Crippen LogP contribution is -2.49. The first-order chi connectivity index (χ1) is 8.53. The van der Waals surface area contributed by atoms with Gasteiger partial charge in [-0.05, 0) is 34.6 Å². The van der Waals surface area contributed by atoms with Gasteiger partial charge in [0.2, 0.25) is 0 Å². The Hall–Kier alpha value is -1.05. The molecule has 0 unspecified atom stereocenters. The summed E-state index contributed by atoms with van der Waals surface area (Å²) in [4.78, 5) is 13.7. The first-order valence-electron chi connectivity index (χ1n) is 6.24. The molecule has 1 heterocycles. The quantitative estimate of drug-likeness (QED) is 0.730. The first kappa shape index (κ1) is 16.0. The number of ether oxygens (including phenoxy) is 2. The lowest BCUT2D eigenvalue weighted by Gasteiger charge is -2.34. The third-order valence-electron chi connectivity index (χ3n) is 2.61. The van der Waals surface area contributed by atoms with Crippen molar-refractivity contribution in [3.05, 3.63) is 12.1 Å². The molecule has 1 aliphatic rings. The number of nitrogens with zero attached hydrogens (tertiary/aromatic N) is 1. The molecule has 6 nitrogen and oxygen atoms in total. The number of rotatable bonds is 2. The zero-order chi connectivity index (χ0) is 14.8. The van der Waals surface area contributed by atoms with Crippen molar-refractivity contribution in [3.8, 4) is 0 Å². The van der Waals surface area contributed by atoms with Gasteiger partial charge < -0.3 is 19.5 Å². The Morgan fingerprint density at radius 3 is 2.53 bits per heavy atom. The highest BCUT2D eigenvalue weighted by Crippen LogP contribution is 2.29. The van der Waals surface area contributed by atoms with Crippen LogP contribution < -0.4 is 0 Å². The number of amides is 1. The maximum Gasteiger partial charge on any atom is 0.480 e. The molecule has 7 heteroatoms. The van der Waals surface area contributed by atoms with Crippen molar-refractivity contribution in [2.75, 3.05) is 6.61 Å². The minimum atomic E-state index is -1.55. The molecule has 1 atom stereocenters. The molecule has 108 valence electrons. The second kappa shape index (κ2) is 5.52. The van der Waals surface area contributed by atoms with Gasteiger partial charge in [0.25, 0.3) is 0 Å². The molecule has 0 bridgehead atoms. The van der Waals surface area contributed by atoms with Crippen LogP contribution in [0.3, 0.4) is 0 Å². The molecule has 0 spiro atoms. The molecule has 1 amide bonds. The Labute approximate surface area is 114 Å². The van der Waals surface area contributed by atoms with E-state index >= 15 is 0 Å². The Morgan fingerprint density at radius 2 is 2.05 bits per heavy atom. The fourth-order valence-corrected chi connectivity index (χ4v) is 1.87. The molecule has 0 aromatic heterocycles.